The van der Waals surface area contributed by atoms with E-state index in [1.807, 2.05) is 10.9 Å². The number of nitrogens with zero attached hydrogens (tertiary/aromatic N) is 2. The van der Waals surface area contributed by atoms with Gasteiger partial charge in [0.1, 0.15) is 0 Å². The minimum absolute atomic E-state index is 0.474. The van der Waals surface area contributed by atoms with E-state index in [1.54, 1.807) is 0 Å². The third kappa shape index (κ3) is 4.62. The molecule has 1 fully saturated rings. The molecule has 3 heteroatoms. The number of hydrogen-bond acceptors (Lipinski definition) is 2. The van der Waals surface area contributed by atoms with E-state index in [0.29, 0.717) is 11.5 Å². The van der Waals surface area contributed by atoms with E-state index in [1.165, 1.54) is 37.7 Å². The lowest BCUT2D eigenvalue weighted by atomic mass is 9.76. The Morgan fingerprint density at radius 3 is 2.70 bits per heavy atom. The molecule has 0 amide bonds. The third-order valence-corrected chi connectivity index (χ3v) is 4.73. The topological polar surface area (TPSA) is 29.9 Å². The van der Waals surface area contributed by atoms with Crippen molar-refractivity contribution in [2.75, 3.05) is 6.54 Å². The van der Waals surface area contributed by atoms with Crippen molar-refractivity contribution in [1.82, 2.24) is 15.1 Å². The van der Waals surface area contributed by atoms with Gasteiger partial charge in [-0.05, 0) is 49.5 Å². The Balaban J connectivity index is 1.71. The molecule has 1 aliphatic rings. The predicted octanol–water partition coefficient (Wildman–Crippen LogP) is 3.78. The molecule has 1 saturated carbocycles. The molecule has 0 radical (unpaired) electrons. The fraction of sp³-hybridized carbons (Fsp3) is 0.824. The van der Waals surface area contributed by atoms with Crippen molar-refractivity contribution in [2.24, 2.45) is 11.3 Å². The van der Waals surface area contributed by atoms with Crippen LogP contribution in [-0.2, 0) is 6.54 Å². The molecule has 1 N–H and O–H groups in total. The summed E-state index contributed by atoms with van der Waals surface area (Å²) < 4.78 is 2.04. The first kappa shape index (κ1) is 15.6. The van der Waals surface area contributed by atoms with Gasteiger partial charge in [-0.1, -0.05) is 27.2 Å². The van der Waals surface area contributed by atoms with E-state index < -0.39 is 0 Å². The Bertz CT molecular complexity index is 403. The van der Waals surface area contributed by atoms with Crippen LogP contribution in [-0.4, -0.2) is 22.4 Å². The molecule has 3 nitrogen and oxygen atoms in total. The maximum Gasteiger partial charge on any atom is 0.0534 e. The zero-order valence-corrected chi connectivity index (χ0v) is 13.7. The van der Waals surface area contributed by atoms with Gasteiger partial charge in [-0.25, -0.2) is 0 Å². The summed E-state index contributed by atoms with van der Waals surface area (Å²) in [5.74, 6) is 0.892. The first-order valence-electron chi connectivity index (χ1n) is 8.17. The Hall–Kier alpha value is -0.830. The second kappa shape index (κ2) is 6.75. The number of rotatable bonds is 4. The van der Waals surface area contributed by atoms with E-state index in [2.05, 4.69) is 44.3 Å². The molecule has 0 spiro atoms. The molecule has 2 rings (SSSR count). The van der Waals surface area contributed by atoms with E-state index >= 15 is 0 Å². The van der Waals surface area contributed by atoms with Crippen LogP contribution in [0.15, 0.2) is 12.4 Å². The molecule has 1 heterocycles. The highest BCUT2D eigenvalue weighted by atomic mass is 15.3. The Labute approximate surface area is 124 Å². The minimum atomic E-state index is 0.474. The van der Waals surface area contributed by atoms with Gasteiger partial charge in [0.25, 0.3) is 0 Å². The van der Waals surface area contributed by atoms with Crippen molar-refractivity contribution in [2.45, 2.75) is 72.4 Å². The van der Waals surface area contributed by atoms with Crippen molar-refractivity contribution in [3.63, 3.8) is 0 Å². The molecular weight excluding hydrogens is 246 g/mol. The van der Waals surface area contributed by atoms with Crippen LogP contribution >= 0.6 is 0 Å². The number of hydrogen-bond donors (Lipinski definition) is 1. The van der Waals surface area contributed by atoms with E-state index in [9.17, 15) is 0 Å². The first-order valence-corrected chi connectivity index (χ1v) is 8.17. The lowest BCUT2D eigenvalue weighted by Gasteiger charge is -2.29. The molecular formula is C17H31N3. The molecule has 0 saturated heterocycles. The van der Waals surface area contributed by atoms with Crippen LogP contribution in [0, 0.1) is 18.3 Å². The smallest absolute Gasteiger partial charge is 0.0534 e. The van der Waals surface area contributed by atoms with Gasteiger partial charge in [0, 0.05) is 18.8 Å². The molecule has 0 bridgehead atoms. The maximum absolute atomic E-state index is 4.34. The molecule has 0 aliphatic heterocycles. The lowest BCUT2D eigenvalue weighted by molar-refractivity contribution is 0.213. The highest BCUT2D eigenvalue weighted by Gasteiger charge is 2.27. The molecule has 114 valence electrons. The summed E-state index contributed by atoms with van der Waals surface area (Å²) in [6.07, 6.45) is 10.9. The van der Waals surface area contributed by atoms with E-state index in [4.69, 9.17) is 0 Å². The summed E-state index contributed by atoms with van der Waals surface area (Å²) in [5.41, 5.74) is 1.72. The van der Waals surface area contributed by atoms with Crippen LogP contribution in [0.3, 0.4) is 0 Å². The highest BCUT2D eigenvalue weighted by molar-refractivity contribution is 4.99. The molecule has 1 aromatic rings. The predicted molar refractivity (Wildman–Crippen MR) is 84.8 cm³/mol. The first-order chi connectivity index (χ1) is 9.45. The van der Waals surface area contributed by atoms with E-state index in [0.717, 1.165) is 19.0 Å². The van der Waals surface area contributed by atoms with Crippen molar-refractivity contribution in [1.29, 1.82) is 0 Å². The average molecular weight is 277 g/mol. The van der Waals surface area contributed by atoms with Gasteiger partial charge < -0.3 is 5.32 Å². The number of aryl methyl sites for hydroxylation is 1. The van der Waals surface area contributed by atoms with Crippen LogP contribution in [0.25, 0.3) is 0 Å². The quantitative estimate of drug-likeness (QED) is 0.849. The van der Waals surface area contributed by atoms with Crippen molar-refractivity contribution in [3.8, 4) is 0 Å². The van der Waals surface area contributed by atoms with Crippen LogP contribution in [0.4, 0.5) is 0 Å². The summed E-state index contributed by atoms with van der Waals surface area (Å²) >= 11 is 0. The fourth-order valence-electron chi connectivity index (χ4n) is 3.34. The van der Waals surface area contributed by atoms with Gasteiger partial charge in [0.2, 0.25) is 0 Å². The molecule has 1 aromatic heterocycles. The van der Waals surface area contributed by atoms with Crippen LogP contribution in [0.5, 0.6) is 0 Å². The Morgan fingerprint density at radius 1 is 1.25 bits per heavy atom. The minimum Gasteiger partial charge on any atom is -0.312 e. The second-order valence-electron chi connectivity index (χ2n) is 7.50. The van der Waals surface area contributed by atoms with Crippen molar-refractivity contribution < 1.29 is 0 Å². The van der Waals surface area contributed by atoms with Gasteiger partial charge in [0.05, 0.1) is 12.7 Å². The van der Waals surface area contributed by atoms with Gasteiger partial charge in [-0.2, -0.15) is 5.10 Å². The molecule has 0 aromatic carbocycles. The van der Waals surface area contributed by atoms with Gasteiger partial charge in [-0.15, -0.1) is 0 Å². The third-order valence-electron chi connectivity index (χ3n) is 4.73. The fourth-order valence-corrected chi connectivity index (χ4v) is 3.34. The summed E-state index contributed by atoms with van der Waals surface area (Å²) in [6.45, 7) is 11.3. The highest BCUT2D eigenvalue weighted by Crippen LogP contribution is 2.36. The molecule has 1 aliphatic carbocycles. The van der Waals surface area contributed by atoms with Gasteiger partial charge >= 0.3 is 0 Å². The Kier molecular flexibility index (Phi) is 5.25. The zero-order valence-electron chi connectivity index (χ0n) is 13.7. The maximum atomic E-state index is 4.34. The second-order valence-corrected chi connectivity index (χ2v) is 7.50. The normalized spacial score (nSPS) is 24.6. The number of aromatic nitrogens is 2. The largest absolute Gasteiger partial charge is 0.312 e. The molecule has 2 atom stereocenters. The molecule has 2 unspecified atom stereocenters. The van der Waals surface area contributed by atoms with Crippen LogP contribution < -0.4 is 5.32 Å². The van der Waals surface area contributed by atoms with Gasteiger partial charge in [0.15, 0.2) is 0 Å². The van der Waals surface area contributed by atoms with Crippen LogP contribution in [0.2, 0.25) is 0 Å². The van der Waals surface area contributed by atoms with E-state index in [-0.39, 0.29) is 0 Å². The summed E-state index contributed by atoms with van der Waals surface area (Å²) in [5, 5.41) is 8.07. The Morgan fingerprint density at radius 2 is 2.05 bits per heavy atom. The SMILES string of the molecule is Cc1cnn(CCNC2CCCC(C(C)(C)C)CC2)c1. The van der Waals surface area contributed by atoms with Crippen molar-refractivity contribution >= 4 is 0 Å². The summed E-state index contributed by atoms with van der Waals surface area (Å²) in [6, 6.07) is 0.707. The summed E-state index contributed by atoms with van der Waals surface area (Å²) in [4.78, 5) is 0. The standard InChI is InChI=1S/C17H31N3/c1-14-12-19-20(13-14)11-10-18-16-7-5-6-15(8-9-16)17(2,3)4/h12-13,15-16,18H,5-11H2,1-4H3. The lowest BCUT2D eigenvalue weighted by Crippen LogP contribution is -2.31. The van der Waals surface area contributed by atoms with Crippen molar-refractivity contribution in [3.05, 3.63) is 18.0 Å². The van der Waals surface area contributed by atoms with Crippen LogP contribution in [0.1, 0.15) is 58.4 Å². The zero-order chi connectivity index (χ0) is 14.6. The summed E-state index contributed by atoms with van der Waals surface area (Å²) in [7, 11) is 0. The monoisotopic (exact) mass is 277 g/mol. The molecule has 20 heavy (non-hydrogen) atoms. The number of nitrogens with one attached hydrogen (secondary N) is 1. The average Bonchev–Trinajstić information content (AvgIpc) is 2.63. The van der Waals surface area contributed by atoms with Gasteiger partial charge in [-0.3, -0.25) is 4.68 Å².